The number of amides is 1. The van der Waals surface area contributed by atoms with Crippen molar-refractivity contribution in [1.82, 2.24) is 4.90 Å². The summed E-state index contributed by atoms with van der Waals surface area (Å²) in [6, 6.07) is 15.2. The average Bonchev–Trinajstić information content (AvgIpc) is 2.73. The Balaban J connectivity index is 1.89. The molecule has 0 aliphatic carbocycles. The number of rotatable bonds is 4. The van der Waals surface area contributed by atoms with Crippen LogP contribution in [-0.4, -0.2) is 32.1 Å². The number of fused-ring (bicyclic) bond motifs is 1. The summed E-state index contributed by atoms with van der Waals surface area (Å²) in [5.41, 5.74) is 1.65. The monoisotopic (exact) mass is 407 g/mol. The minimum absolute atomic E-state index is 0.0452. The lowest BCUT2D eigenvalue weighted by Gasteiger charge is -2.41. The average molecular weight is 407 g/mol. The Morgan fingerprint density at radius 3 is 2.33 bits per heavy atom. The van der Waals surface area contributed by atoms with Gasteiger partial charge in [0.1, 0.15) is 11.7 Å². The highest BCUT2D eigenvalue weighted by molar-refractivity contribution is 6.00. The first-order chi connectivity index (χ1) is 14.4. The smallest absolute Gasteiger partial charge is 0.313 e. The molecule has 1 heterocycles. The van der Waals surface area contributed by atoms with Crippen molar-refractivity contribution < 1.29 is 29.3 Å². The summed E-state index contributed by atoms with van der Waals surface area (Å²) in [7, 11) is 0. The number of phenols is 2. The second kappa shape index (κ2) is 7.51. The Labute approximate surface area is 171 Å². The number of carbonyl (C=O) groups excluding carboxylic acids is 1. The third-order valence-electron chi connectivity index (χ3n) is 5.31. The number of carboxylic acids is 1. The van der Waals surface area contributed by atoms with E-state index in [1.54, 1.807) is 24.3 Å². The van der Waals surface area contributed by atoms with E-state index in [1.165, 1.54) is 47.4 Å². The van der Waals surface area contributed by atoms with Crippen molar-refractivity contribution in [2.75, 3.05) is 0 Å². The normalized spacial score (nSPS) is 18.2. The Morgan fingerprint density at radius 1 is 0.967 bits per heavy atom. The number of hydrogen-bond donors (Lipinski definition) is 3. The van der Waals surface area contributed by atoms with Crippen LogP contribution in [0.1, 0.15) is 39.0 Å². The predicted molar refractivity (Wildman–Crippen MR) is 106 cm³/mol. The first-order valence-electron chi connectivity index (χ1n) is 9.26. The fourth-order valence-electron chi connectivity index (χ4n) is 3.92. The van der Waals surface area contributed by atoms with Crippen molar-refractivity contribution in [2.45, 2.75) is 18.5 Å². The molecule has 1 aliphatic heterocycles. The Kier molecular flexibility index (Phi) is 4.87. The Bertz CT molecular complexity index is 1130. The summed E-state index contributed by atoms with van der Waals surface area (Å²) >= 11 is 0. The molecule has 0 aromatic heterocycles. The third-order valence-corrected chi connectivity index (χ3v) is 5.31. The quantitative estimate of drug-likeness (QED) is 0.572. The van der Waals surface area contributed by atoms with Crippen LogP contribution >= 0.6 is 0 Å². The zero-order valence-electron chi connectivity index (χ0n) is 15.7. The van der Waals surface area contributed by atoms with Gasteiger partial charge < -0.3 is 20.2 Å². The summed E-state index contributed by atoms with van der Waals surface area (Å²) in [4.78, 5) is 27.0. The van der Waals surface area contributed by atoms with Crippen LogP contribution in [0.3, 0.4) is 0 Å². The molecule has 2 atom stereocenters. The zero-order valence-corrected chi connectivity index (χ0v) is 15.7. The molecule has 2 unspecified atom stereocenters. The number of halogens is 1. The van der Waals surface area contributed by atoms with Crippen LogP contribution in [0.25, 0.3) is 0 Å². The van der Waals surface area contributed by atoms with Gasteiger partial charge in [0.2, 0.25) is 0 Å². The summed E-state index contributed by atoms with van der Waals surface area (Å²) < 4.78 is 13.3. The molecule has 0 bridgehead atoms. The molecule has 0 radical (unpaired) electrons. The summed E-state index contributed by atoms with van der Waals surface area (Å²) in [5, 5.41) is 29.7. The Hall–Kier alpha value is -3.87. The summed E-state index contributed by atoms with van der Waals surface area (Å²) in [6.45, 7) is 0.0452. The molecule has 0 saturated heterocycles. The molecule has 3 aromatic carbocycles. The number of nitrogens with zero attached hydrogens (tertiary/aromatic N) is 1. The topological polar surface area (TPSA) is 98.1 Å². The van der Waals surface area contributed by atoms with Crippen LogP contribution in [0.2, 0.25) is 0 Å². The molecule has 0 saturated carbocycles. The highest BCUT2D eigenvalue weighted by atomic mass is 19.1. The van der Waals surface area contributed by atoms with Gasteiger partial charge in [-0.15, -0.1) is 0 Å². The van der Waals surface area contributed by atoms with Gasteiger partial charge in [0.25, 0.3) is 5.91 Å². The second-order valence-corrected chi connectivity index (χ2v) is 7.16. The molecule has 0 fully saturated rings. The lowest BCUT2D eigenvalue weighted by Crippen LogP contribution is -2.44. The van der Waals surface area contributed by atoms with E-state index < -0.39 is 29.5 Å². The van der Waals surface area contributed by atoms with Gasteiger partial charge in [-0.2, -0.15) is 0 Å². The van der Waals surface area contributed by atoms with Crippen molar-refractivity contribution in [3.63, 3.8) is 0 Å². The molecule has 3 N–H and O–H groups in total. The number of carbonyl (C=O) groups is 2. The molecule has 30 heavy (non-hydrogen) atoms. The minimum Gasteiger partial charge on any atom is -0.504 e. The van der Waals surface area contributed by atoms with Crippen LogP contribution in [0.15, 0.2) is 66.7 Å². The van der Waals surface area contributed by atoms with E-state index in [-0.39, 0.29) is 23.8 Å². The van der Waals surface area contributed by atoms with Gasteiger partial charge in [0.05, 0.1) is 6.04 Å². The molecule has 3 aromatic rings. The van der Waals surface area contributed by atoms with Crippen LogP contribution in [-0.2, 0) is 11.3 Å². The van der Waals surface area contributed by atoms with E-state index in [2.05, 4.69) is 0 Å². The molecule has 4 rings (SSSR count). The van der Waals surface area contributed by atoms with Crippen LogP contribution in [0.4, 0.5) is 4.39 Å². The lowest BCUT2D eigenvalue weighted by molar-refractivity contribution is -0.140. The molecular weight excluding hydrogens is 389 g/mol. The van der Waals surface area contributed by atoms with Gasteiger partial charge in [0, 0.05) is 12.1 Å². The number of hydrogen-bond acceptors (Lipinski definition) is 4. The van der Waals surface area contributed by atoms with Gasteiger partial charge in [-0.1, -0.05) is 36.4 Å². The highest BCUT2D eigenvalue weighted by Gasteiger charge is 2.44. The number of phenolic OH excluding ortho intramolecular Hbond substituents is 2. The zero-order chi connectivity index (χ0) is 21.4. The largest absolute Gasteiger partial charge is 0.504 e. The fourth-order valence-corrected chi connectivity index (χ4v) is 3.92. The van der Waals surface area contributed by atoms with E-state index in [0.29, 0.717) is 16.7 Å². The lowest BCUT2D eigenvalue weighted by atomic mass is 9.79. The predicted octanol–water partition coefficient (Wildman–Crippen LogP) is 3.80. The van der Waals surface area contributed by atoms with E-state index in [4.69, 9.17) is 0 Å². The minimum atomic E-state index is -1.13. The SMILES string of the molecule is O=C(O)C1c2ccccc2C(=O)N(Cc2ccc(F)cc2)C1c1ccc(O)c(O)c1. The van der Waals surface area contributed by atoms with Gasteiger partial charge in [-0.3, -0.25) is 9.59 Å². The number of aliphatic carboxylic acids is 1. The van der Waals surface area contributed by atoms with Crippen molar-refractivity contribution in [3.05, 3.63) is 94.8 Å². The van der Waals surface area contributed by atoms with Crippen molar-refractivity contribution >= 4 is 11.9 Å². The molecule has 0 spiro atoms. The van der Waals surface area contributed by atoms with E-state index >= 15 is 0 Å². The number of carboxylic acid groups (broad SMARTS) is 1. The van der Waals surface area contributed by atoms with E-state index in [0.717, 1.165) is 0 Å². The summed E-state index contributed by atoms with van der Waals surface area (Å²) in [5.74, 6) is -3.77. The first kappa shape index (κ1) is 19.4. The van der Waals surface area contributed by atoms with Gasteiger partial charge in [-0.25, -0.2) is 4.39 Å². The van der Waals surface area contributed by atoms with Crippen LogP contribution < -0.4 is 0 Å². The van der Waals surface area contributed by atoms with Crippen molar-refractivity contribution in [1.29, 1.82) is 0 Å². The maximum absolute atomic E-state index is 13.3. The Morgan fingerprint density at radius 2 is 1.67 bits per heavy atom. The van der Waals surface area contributed by atoms with Gasteiger partial charge in [0.15, 0.2) is 11.5 Å². The van der Waals surface area contributed by atoms with E-state index in [9.17, 15) is 29.3 Å². The van der Waals surface area contributed by atoms with Crippen molar-refractivity contribution in [3.8, 4) is 11.5 Å². The van der Waals surface area contributed by atoms with E-state index in [1.807, 2.05) is 0 Å². The standard InChI is InChI=1S/C23H18FNO5/c24-15-8-5-13(6-9-15)12-25-21(14-7-10-18(26)19(27)11-14)20(23(29)30)16-3-1-2-4-17(16)22(25)28/h1-11,20-21,26-27H,12H2,(H,29,30). The molecule has 1 aliphatic rings. The molecule has 1 amide bonds. The molecule has 7 heteroatoms. The molecular formula is C23H18FNO5. The van der Waals surface area contributed by atoms with Crippen molar-refractivity contribution in [2.24, 2.45) is 0 Å². The maximum atomic E-state index is 13.3. The fraction of sp³-hybridized carbons (Fsp3) is 0.130. The van der Waals surface area contributed by atoms with Gasteiger partial charge >= 0.3 is 5.97 Å². The molecule has 6 nitrogen and oxygen atoms in total. The first-order valence-corrected chi connectivity index (χ1v) is 9.26. The second-order valence-electron chi connectivity index (χ2n) is 7.16. The van der Waals surface area contributed by atoms with Gasteiger partial charge in [-0.05, 0) is 47.0 Å². The molecule has 152 valence electrons. The highest BCUT2D eigenvalue weighted by Crippen LogP contribution is 2.45. The van der Waals surface area contributed by atoms with Crippen LogP contribution in [0, 0.1) is 5.82 Å². The maximum Gasteiger partial charge on any atom is 0.313 e. The summed E-state index contributed by atoms with van der Waals surface area (Å²) in [6.07, 6.45) is 0. The number of benzene rings is 3. The third kappa shape index (κ3) is 3.34. The van der Waals surface area contributed by atoms with Crippen LogP contribution in [0.5, 0.6) is 11.5 Å². The number of aromatic hydroxyl groups is 2.